The van der Waals surface area contributed by atoms with Crippen LogP contribution in [0.15, 0.2) is 12.5 Å². The first-order valence-corrected chi connectivity index (χ1v) is 11.1. The van der Waals surface area contributed by atoms with Crippen LogP contribution in [0.2, 0.25) is 4.71 Å². The first kappa shape index (κ1) is 20.6. The molecule has 7 nitrogen and oxygen atoms in total. The summed E-state index contributed by atoms with van der Waals surface area (Å²) >= 11 is 2.32. The number of aliphatic hydroxyl groups is 1. The van der Waals surface area contributed by atoms with E-state index in [-0.39, 0.29) is 35.2 Å². The Morgan fingerprint density at radius 2 is 2.16 bits per heavy atom. The SMILES string of the molecule is O=C(NC[C@H](O)CC(C1CCCCC1)[P+](=O)O)[C@@H]([As])Cc1cnc[nH]1. The third-order valence-corrected chi connectivity index (χ3v) is 6.85. The number of rotatable bonds is 9. The van der Waals surface area contributed by atoms with Crippen molar-refractivity contribution in [3.63, 3.8) is 0 Å². The number of imidazole rings is 1. The summed E-state index contributed by atoms with van der Waals surface area (Å²) < 4.78 is 11.4. The topological polar surface area (TPSA) is 115 Å². The Bertz CT molecular complexity index is 552. The van der Waals surface area contributed by atoms with Gasteiger partial charge in [0.2, 0.25) is 0 Å². The van der Waals surface area contributed by atoms with Crippen LogP contribution >= 0.6 is 8.03 Å². The van der Waals surface area contributed by atoms with Crippen molar-refractivity contribution in [2.75, 3.05) is 6.54 Å². The molecule has 1 aliphatic carbocycles. The summed E-state index contributed by atoms with van der Waals surface area (Å²) in [7, 11) is -2.32. The summed E-state index contributed by atoms with van der Waals surface area (Å²) in [4.78, 5) is 28.6. The zero-order valence-corrected chi connectivity index (χ0v) is 16.9. The number of nitrogens with one attached hydrogen (secondary N) is 2. The number of H-pyrrole nitrogens is 1. The summed E-state index contributed by atoms with van der Waals surface area (Å²) in [5.74, 6) is 0.0277. The van der Waals surface area contributed by atoms with Gasteiger partial charge in [-0.2, -0.15) is 0 Å². The normalized spacial score (nSPS) is 19.9. The van der Waals surface area contributed by atoms with Gasteiger partial charge in [-0.1, -0.05) is 0 Å². The van der Waals surface area contributed by atoms with E-state index >= 15 is 0 Å². The Labute approximate surface area is 157 Å². The maximum absolute atomic E-state index is 12.1. The van der Waals surface area contributed by atoms with E-state index in [9.17, 15) is 19.4 Å². The minimum absolute atomic E-state index is 0.0997. The van der Waals surface area contributed by atoms with Gasteiger partial charge < -0.3 is 0 Å². The zero-order chi connectivity index (χ0) is 18.2. The fourth-order valence-corrected chi connectivity index (χ4v) is 5.06. The molecule has 4 atom stereocenters. The van der Waals surface area contributed by atoms with Crippen LogP contribution in [0.3, 0.4) is 0 Å². The van der Waals surface area contributed by atoms with Crippen molar-refractivity contribution in [1.29, 1.82) is 0 Å². The second-order valence-electron chi connectivity index (χ2n) is 6.70. The van der Waals surface area contributed by atoms with Crippen LogP contribution in [0, 0.1) is 5.92 Å². The summed E-state index contributed by atoms with van der Waals surface area (Å²) in [6, 6.07) is 0. The molecule has 2 rings (SSSR count). The first-order chi connectivity index (χ1) is 12.0. The number of carbonyl (C=O) groups is 1. The third kappa shape index (κ3) is 6.82. The second kappa shape index (κ2) is 10.4. The molecule has 1 aromatic rings. The molecule has 0 saturated heterocycles. The molecule has 0 spiro atoms. The fraction of sp³-hybridized carbons (Fsp3) is 0.750. The zero-order valence-electron chi connectivity index (χ0n) is 14.2. The molecular weight excluding hydrogens is 404 g/mol. The maximum atomic E-state index is 12.1. The molecule has 1 saturated carbocycles. The standard InChI is InChI=1S/C16H25AsN3O4P/c17-14(6-12-8-18-10-20-12)16(22)19-9-13(21)7-15(25(23)24)11-4-2-1-3-5-11/h8,10-11,13-15,21H,1-7,9H2,(H2-,18,19,20,22,23,24)/p+1/t13-,14+,15?/m1/s1. The molecule has 0 bridgehead atoms. The van der Waals surface area contributed by atoms with E-state index in [4.69, 9.17) is 0 Å². The average molecular weight is 430 g/mol. The molecule has 138 valence electrons. The summed E-state index contributed by atoms with van der Waals surface area (Å²) in [5, 5.41) is 12.9. The minimum atomic E-state index is -2.32. The van der Waals surface area contributed by atoms with E-state index in [2.05, 4.69) is 32.1 Å². The number of aromatic nitrogens is 2. The van der Waals surface area contributed by atoms with E-state index in [1.165, 1.54) is 6.42 Å². The number of carbonyl (C=O) groups excluding carboxylic acids is 1. The van der Waals surface area contributed by atoms with Gasteiger partial charge in [0.15, 0.2) is 0 Å². The molecule has 1 heterocycles. The number of nitrogens with zero attached hydrogens (tertiary/aromatic N) is 1. The number of amides is 1. The van der Waals surface area contributed by atoms with Gasteiger partial charge in [-0.15, -0.1) is 0 Å². The van der Waals surface area contributed by atoms with Crippen LogP contribution < -0.4 is 5.32 Å². The predicted molar refractivity (Wildman–Crippen MR) is 95.6 cm³/mol. The van der Waals surface area contributed by atoms with E-state index < -0.39 is 14.1 Å². The van der Waals surface area contributed by atoms with Gasteiger partial charge in [0.1, 0.15) is 0 Å². The van der Waals surface area contributed by atoms with Gasteiger partial charge >= 0.3 is 158 Å². The van der Waals surface area contributed by atoms with Crippen molar-refractivity contribution in [1.82, 2.24) is 15.3 Å². The van der Waals surface area contributed by atoms with E-state index in [1.807, 2.05) is 0 Å². The van der Waals surface area contributed by atoms with Crippen LogP contribution in [0.4, 0.5) is 0 Å². The van der Waals surface area contributed by atoms with Crippen LogP contribution in [0.25, 0.3) is 0 Å². The average Bonchev–Trinajstić information content (AvgIpc) is 3.11. The Kier molecular flexibility index (Phi) is 8.57. The van der Waals surface area contributed by atoms with Gasteiger partial charge in [0.05, 0.1) is 0 Å². The van der Waals surface area contributed by atoms with Crippen molar-refractivity contribution in [3.05, 3.63) is 18.2 Å². The molecule has 25 heavy (non-hydrogen) atoms. The van der Waals surface area contributed by atoms with Crippen LogP contribution in [0.1, 0.15) is 44.2 Å². The Morgan fingerprint density at radius 1 is 1.44 bits per heavy atom. The van der Waals surface area contributed by atoms with Crippen molar-refractivity contribution in [3.8, 4) is 0 Å². The second-order valence-corrected chi connectivity index (χ2v) is 9.28. The molecule has 4 N–H and O–H groups in total. The monoisotopic (exact) mass is 430 g/mol. The van der Waals surface area contributed by atoms with E-state index in [0.29, 0.717) is 6.42 Å². The van der Waals surface area contributed by atoms with E-state index in [0.717, 1.165) is 31.4 Å². The quantitative estimate of drug-likeness (QED) is 0.350. The molecule has 0 aliphatic heterocycles. The molecule has 0 aromatic carbocycles. The molecule has 2 radical (unpaired) electrons. The van der Waals surface area contributed by atoms with Crippen molar-refractivity contribution in [2.45, 2.75) is 61.4 Å². The van der Waals surface area contributed by atoms with Gasteiger partial charge in [0.25, 0.3) is 0 Å². The van der Waals surface area contributed by atoms with Crippen LogP contribution in [-0.2, 0) is 15.8 Å². The Balaban J connectivity index is 1.76. The summed E-state index contributed by atoms with van der Waals surface area (Å²) in [5.41, 5.74) is 0.483. The fourth-order valence-electron chi connectivity index (χ4n) is 3.38. The molecule has 1 amide bonds. The Hall–Kier alpha value is -0.742. The predicted octanol–water partition coefficient (Wildman–Crippen LogP) is 1.46. The summed E-state index contributed by atoms with van der Waals surface area (Å²) in [6.45, 7) is 0.0997. The van der Waals surface area contributed by atoms with Gasteiger partial charge in [0, 0.05) is 0 Å². The number of hydrogen-bond acceptors (Lipinski definition) is 4. The van der Waals surface area contributed by atoms with Crippen molar-refractivity contribution >= 4 is 30.8 Å². The molecule has 2 unspecified atom stereocenters. The van der Waals surface area contributed by atoms with Gasteiger partial charge in [-0.3, -0.25) is 0 Å². The van der Waals surface area contributed by atoms with Crippen molar-refractivity contribution < 1.29 is 19.4 Å². The summed E-state index contributed by atoms with van der Waals surface area (Å²) in [6.07, 6.45) is 8.45. The molecule has 1 aliphatic rings. The van der Waals surface area contributed by atoms with E-state index in [1.54, 1.807) is 12.5 Å². The Morgan fingerprint density at radius 3 is 2.76 bits per heavy atom. The van der Waals surface area contributed by atoms with Crippen LogP contribution in [-0.4, -0.2) is 61.0 Å². The first-order valence-electron chi connectivity index (χ1n) is 8.73. The van der Waals surface area contributed by atoms with Crippen LogP contribution in [0.5, 0.6) is 0 Å². The number of aliphatic hydroxyl groups excluding tert-OH is 1. The third-order valence-electron chi connectivity index (χ3n) is 4.77. The molecule has 1 fully saturated rings. The molecular formula is C16H26AsN3O4P+. The van der Waals surface area contributed by atoms with Gasteiger partial charge in [-0.25, -0.2) is 0 Å². The van der Waals surface area contributed by atoms with Crippen molar-refractivity contribution in [2.24, 2.45) is 5.92 Å². The number of aromatic amines is 1. The molecule has 1 aromatic heterocycles. The number of hydrogen-bond donors (Lipinski definition) is 4. The molecule has 9 heteroatoms. The van der Waals surface area contributed by atoms with Gasteiger partial charge in [-0.05, 0) is 0 Å².